The number of amides is 1. The standard InChI is InChI=1S/C25H45FN6O2/c1-2-6-25-8-4-17(26)13-32(25)20(11-25)21(22(27)28)23(33)30-18-12-29-9-5-19(18)31-10-3-7-24(14-31)15-34-16-24/h17-22,29H,2-16,27-28H2,1H3,(H,30,33). The van der Waals surface area contributed by atoms with Crippen molar-refractivity contribution in [3.63, 3.8) is 0 Å². The lowest BCUT2D eigenvalue weighted by molar-refractivity contribution is -0.161. The molecule has 0 aromatic carbocycles. The Bertz CT molecular complexity index is 736. The van der Waals surface area contributed by atoms with Crippen molar-refractivity contribution in [2.75, 3.05) is 45.9 Å². The molecule has 5 aliphatic rings. The maximum Gasteiger partial charge on any atom is 0.227 e. The van der Waals surface area contributed by atoms with Gasteiger partial charge < -0.3 is 26.8 Å². The third-order valence-corrected chi connectivity index (χ3v) is 9.51. The Morgan fingerprint density at radius 2 is 2.12 bits per heavy atom. The highest BCUT2D eigenvalue weighted by atomic mass is 19.1. The molecule has 0 radical (unpaired) electrons. The van der Waals surface area contributed by atoms with Crippen molar-refractivity contribution in [1.29, 1.82) is 0 Å². The van der Waals surface area contributed by atoms with Gasteiger partial charge in [0, 0.05) is 42.7 Å². The van der Waals surface area contributed by atoms with E-state index in [-0.39, 0.29) is 23.5 Å². The summed E-state index contributed by atoms with van der Waals surface area (Å²) in [6.07, 6.45) is 6.31. The summed E-state index contributed by atoms with van der Waals surface area (Å²) in [4.78, 5) is 18.5. The SMILES string of the molecule is CCCC12CCC(F)CN1C(C(C(=O)NC1CNCCC1N1CCCC3(COC3)C1)C(N)N)C2. The van der Waals surface area contributed by atoms with E-state index in [1.807, 2.05) is 0 Å². The minimum absolute atomic E-state index is 0.0226. The molecule has 9 heteroatoms. The number of hydrogen-bond donors (Lipinski definition) is 4. The number of ether oxygens (including phenoxy) is 1. The van der Waals surface area contributed by atoms with Crippen LogP contribution in [0, 0.1) is 11.3 Å². The Kier molecular flexibility index (Phi) is 7.23. The maximum atomic E-state index is 14.4. The van der Waals surface area contributed by atoms with E-state index < -0.39 is 18.3 Å². The molecular weight excluding hydrogens is 435 g/mol. The van der Waals surface area contributed by atoms with Crippen LogP contribution in [0.15, 0.2) is 0 Å². The van der Waals surface area contributed by atoms with Crippen LogP contribution in [0.4, 0.5) is 4.39 Å². The number of nitrogens with two attached hydrogens (primary N) is 2. The van der Waals surface area contributed by atoms with E-state index in [2.05, 4.69) is 27.4 Å². The smallest absolute Gasteiger partial charge is 0.227 e. The highest BCUT2D eigenvalue weighted by Gasteiger charge is 2.58. The van der Waals surface area contributed by atoms with Crippen LogP contribution in [0.25, 0.3) is 0 Å². The van der Waals surface area contributed by atoms with Gasteiger partial charge in [0.25, 0.3) is 0 Å². The lowest BCUT2D eigenvalue weighted by Gasteiger charge is -2.63. The molecule has 6 unspecified atom stereocenters. The summed E-state index contributed by atoms with van der Waals surface area (Å²) in [5.74, 6) is -0.589. The summed E-state index contributed by atoms with van der Waals surface area (Å²) < 4.78 is 19.9. The van der Waals surface area contributed by atoms with Crippen molar-refractivity contribution < 1.29 is 13.9 Å². The number of alkyl halides is 1. The summed E-state index contributed by atoms with van der Waals surface area (Å²) in [5.41, 5.74) is 12.8. The number of nitrogens with one attached hydrogen (secondary N) is 2. The molecule has 5 saturated heterocycles. The van der Waals surface area contributed by atoms with Gasteiger partial charge in [-0.1, -0.05) is 13.3 Å². The minimum Gasteiger partial charge on any atom is -0.380 e. The number of piperidine rings is 3. The molecule has 0 aromatic heterocycles. The first-order valence-electron chi connectivity index (χ1n) is 13.6. The summed E-state index contributed by atoms with van der Waals surface area (Å²) in [6, 6.07) is 0.253. The quantitative estimate of drug-likeness (QED) is 0.394. The number of hydrogen-bond acceptors (Lipinski definition) is 7. The summed E-state index contributed by atoms with van der Waals surface area (Å²) in [7, 11) is 0. The average Bonchev–Trinajstić information content (AvgIpc) is 2.79. The molecule has 0 aromatic rings. The van der Waals surface area contributed by atoms with Crippen LogP contribution >= 0.6 is 0 Å². The van der Waals surface area contributed by atoms with Crippen LogP contribution in [0.3, 0.4) is 0 Å². The van der Waals surface area contributed by atoms with Crippen molar-refractivity contribution in [3.8, 4) is 0 Å². The largest absolute Gasteiger partial charge is 0.380 e. The number of rotatable bonds is 7. The molecule has 5 heterocycles. The first-order valence-corrected chi connectivity index (χ1v) is 13.6. The van der Waals surface area contributed by atoms with Crippen LogP contribution in [0.5, 0.6) is 0 Å². The van der Waals surface area contributed by atoms with Crippen LogP contribution in [-0.4, -0.2) is 97.6 Å². The molecule has 5 aliphatic heterocycles. The van der Waals surface area contributed by atoms with Crippen LogP contribution in [0.2, 0.25) is 0 Å². The third kappa shape index (κ3) is 4.52. The highest BCUT2D eigenvalue weighted by Crippen LogP contribution is 2.49. The molecule has 8 nitrogen and oxygen atoms in total. The van der Waals surface area contributed by atoms with E-state index in [4.69, 9.17) is 16.2 Å². The van der Waals surface area contributed by atoms with E-state index in [9.17, 15) is 9.18 Å². The predicted octanol–water partition coefficient (Wildman–Crippen LogP) is 0.550. The van der Waals surface area contributed by atoms with Crippen molar-refractivity contribution in [1.82, 2.24) is 20.4 Å². The Labute approximate surface area is 203 Å². The predicted molar refractivity (Wildman–Crippen MR) is 130 cm³/mol. The second-order valence-electron chi connectivity index (χ2n) is 11.9. The fourth-order valence-corrected chi connectivity index (χ4v) is 7.79. The summed E-state index contributed by atoms with van der Waals surface area (Å²) >= 11 is 0. The van der Waals surface area contributed by atoms with Crippen molar-refractivity contribution >= 4 is 5.91 Å². The molecule has 1 amide bonds. The van der Waals surface area contributed by atoms with Gasteiger partial charge >= 0.3 is 0 Å². The second-order valence-corrected chi connectivity index (χ2v) is 11.9. The van der Waals surface area contributed by atoms with Gasteiger partial charge in [-0.2, -0.15) is 0 Å². The topological polar surface area (TPSA) is 109 Å². The number of carbonyl (C=O) groups is 1. The van der Waals surface area contributed by atoms with E-state index >= 15 is 0 Å². The zero-order chi connectivity index (χ0) is 23.9. The maximum absolute atomic E-state index is 14.4. The van der Waals surface area contributed by atoms with E-state index in [1.54, 1.807) is 0 Å². The van der Waals surface area contributed by atoms with Gasteiger partial charge in [0.1, 0.15) is 6.17 Å². The van der Waals surface area contributed by atoms with Crippen LogP contribution in [0.1, 0.15) is 58.3 Å². The summed E-state index contributed by atoms with van der Waals surface area (Å²) in [5, 5.41) is 6.83. The molecule has 5 fully saturated rings. The summed E-state index contributed by atoms with van der Waals surface area (Å²) in [6.45, 7) is 8.15. The van der Waals surface area contributed by atoms with Crippen molar-refractivity contribution in [3.05, 3.63) is 0 Å². The van der Waals surface area contributed by atoms with Gasteiger partial charge in [-0.15, -0.1) is 0 Å². The molecule has 6 atom stereocenters. The molecule has 6 N–H and O–H groups in total. The van der Waals surface area contributed by atoms with Crippen LogP contribution in [-0.2, 0) is 9.53 Å². The van der Waals surface area contributed by atoms with E-state index in [0.717, 1.165) is 71.5 Å². The van der Waals surface area contributed by atoms with Crippen LogP contribution < -0.4 is 22.1 Å². The minimum atomic E-state index is -0.834. The van der Waals surface area contributed by atoms with E-state index in [1.165, 1.54) is 12.8 Å². The van der Waals surface area contributed by atoms with Gasteiger partial charge in [-0.3, -0.25) is 14.6 Å². The van der Waals surface area contributed by atoms with E-state index in [0.29, 0.717) is 24.4 Å². The molecule has 34 heavy (non-hydrogen) atoms. The number of carbonyl (C=O) groups excluding carboxylic acids is 1. The molecule has 1 spiro atoms. The zero-order valence-electron chi connectivity index (χ0n) is 20.8. The van der Waals surface area contributed by atoms with Gasteiger partial charge in [0.2, 0.25) is 5.91 Å². The van der Waals surface area contributed by atoms with Gasteiger partial charge in [-0.05, 0) is 58.0 Å². The first kappa shape index (κ1) is 24.8. The Hall–Kier alpha value is -0.840. The third-order valence-electron chi connectivity index (χ3n) is 9.51. The Balaban J connectivity index is 1.27. The lowest BCUT2D eigenvalue weighted by Crippen LogP contribution is -2.75. The van der Waals surface area contributed by atoms with Gasteiger partial charge in [-0.25, -0.2) is 4.39 Å². The fraction of sp³-hybridized carbons (Fsp3) is 0.960. The number of fused-ring (bicyclic) bond motifs is 1. The van der Waals surface area contributed by atoms with Crippen molar-refractivity contribution in [2.45, 2.75) is 94.3 Å². The van der Waals surface area contributed by atoms with Gasteiger partial charge in [0.15, 0.2) is 0 Å². The second kappa shape index (κ2) is 9.90. The lowest BCUT2D eigenvalue weighted by atomic mass is 9.65. The molecule has 194 valence electrons. The number of likely N-dealkylation sites (tertiary alicyclic amines) is 1. The monoisotopic (exact) mass is 480 g/mol. The Morgan fingerprint density at radius 3 is 2.82 bits per heavy atom. The normalized spacial score (nSPS) is 39.2. The molecular formula is C25H45FN6O2. The zero-order valence-corrected chi connectivity index (χ0v) is 20.8. The van der Waals surface area contributed by atoms with Crippen molar-refractivity contribution in [2.24, 2.45) is 22.8 Å². The highest BCUT2D eigenvalue weighted by molar-refractivity contribution is 5.80. The molecule has 0 aliphatic carbocycles. The average molecular weight is 481 g/mol. The molecule has 0 saturated carbocycles. The number of halogens is 1. The van der Waals surface area contributed by atoms with Gasteiger partial charge in [0.05, 0.1) is 31.3 Å². The fourth-order valence-electron chi connectivity index (χ4n) is 7.79. The Morgan fingerprint density at radius 1 is 1.29 bits per heavy atom. The number of nitrogens with zero attached hydrogens (tertiary/aromatic N) is 2. The molecule has 0 bridgehead atoms. The first-order chi connectivity index (χ1) is 16.4. The molecule has 5 rings (SSSR count).